The number of nitrogens with one attached hydrogen (secondary N) is 2. The smallest absolute Gasteiger partial charge is 0.209 e. The Kier molecular flexibility index (Phi) is 2.99. The van der Waals surface area contributed by atoms with Gasteiger partial charge >= 0.3 is 0 Å². The van der Waals surface area contributed by atoms with Crippen LogP contribution in [-0.4, -0.2) is 33.0 Å². The lowest BCUT2D eigenvalue weighted by Crippen LogP contribution is -2.23. The Morgan fingerprint density at radius 1 is 1.13 bits per heavy atom. The molecule has 0 aliphatic heterocycles. The molecule has 0 radical (unpaired) electrons. The molecule has 15 heavy (non-hydrogen) atoms. The molecule has 0 saturated carbocycles. The summed E-state index contributed by atoms with van der Waals surface area (Å²) >= 11 is 0. The van der Waals surface area contributed by atoms with E-state index in [1.165, 1.54) is 0 Å². The third-order valence-electron chi connectivity index (χ3n) is 2.06. The van der Waals surface area contributed by atoms with E-state index in [0.717, 1.165) is 24.9 Å². The summed E-state index contributed by atoms with van der Waals surface area (Å²) in [6, 6.07) is 0. The van der Waals surface area contributed by atoms with Gasteiger partial charge in [0.25, 0.3) is 0 Å². The van der Waals surface area contributed by atoms with E-state index in [4.69, 9.17) is 5.73 Å². The van der Waals surface area contributed by atoms with Crippen LogP contribution < -0.4 is 10.6 Å². The van der Waals surface area contributed by atoms with Gasteiger partial charge in [0.2, 0.25) is 11.9 Å². The molecule has 0 fully saturated rings. The maximum Gasteiger partial charge on any atom is 0.209 e. The summed E-state index contributed by atoms with van der Waals surface area (Å²) in [5, 5.41) is 0. The van der Waals surface area contributed by atoms with Crippen molar-refractivity contribution >= 4 is 11.9 Å². The average Bonchev–Trinajstić information content (AvgIpc) is 2.90. The maximum atomic E-state index is 5.50. The summed E-state index contributed by atoms with van der Waals surface area (Å²) in [5.41, 5.74) is 5.50. The van der Waals surface area contributed by atoms with Crippen LogP contribution in [0.3, 0.4) is 0 Å². The van der Waals surface area contributed by atoms with Crippen LogP contribution in [0, 0.1) is 0 Å². The minimum Gasteiger partial charge on any atom is -0.331 e. The quantitative estimate of drug-likeness (QED) is 0.669. The maximum absolute atomic E-state index is 5.50. The predicted octanol–water partition coefficient (Wildman–Crippen LogP) is 0.620. The first-order chi connectivity index (χ1) is 7.42. The summed E-state index contributed by atoms with van der Waals surface area (Å²) in [4.78, 5) is 16.5. The normalized spacial score (nSPS) is 10.5. The van der Waals surface area contributed by atoms with Crippen LogP contribution in [0.1, 0.15) is 6.42 Å². The van der Waals surface area contributed by atoms with Crippen molar-refractivity contribution in [1.82, 2.24) is 19.9 Å². The summed E-state index contributed by atoms with van der Waals surface area (Å²) in [7, 11) is 0. The highest BCUT2D eigenvalue weighted by Gasteiger charge is 2.12. The van der Waals surface area contributed by atoms with Crippen LogP contribution >= 0.6 is 0 Å². The molecule has 6 heteroatoms. The van der Waals surface area contributed by atoms with Crippen LogP contribution in [0.25, 0.3) is 0 Å². The molecule has 0 aromatic carbocycles. The molecular weight excluding hydrogens is 192 g/mol. The number of hydrogen-bond donors (Lipinski definition) is 3. The third kappa shape index (κ3) is 2.16. The van der Waals surface area contributed by atoms with Gasteiger partial charge in [-0.15, -0.1) is 0 Å². The molecule has 2 heterocycles. The number of anilines is 2. The largest absolute Gasteiger partial charge is 0.331 e. The topological polar surface area (TPSA) is 86.6 Å². The van der Waals surface area contributed by atoms with Crippen LogP contribution in [0.15, 0.2) is 24.8 Å². The van der Waals surface area contributed by atoms with Gasteiger partial charge in [0, 0.05) is 31.3 Å². The lowest BCUT2D eigenvalue weighted by molar-refractivity contribution is 0.789. The molecule has 0 saturated heterocycles. The SMILES string of the molecule is NCCCN(c1ncc[nH]1)c1ncc[nH]1. The van der Waals surface area contributed by atoms with Crippen molar-refractivity contribution in [1.29, 1.82) is 0 Å². The minimum absolute atomic E-state index is 0.651. The third-order valence-corrected chi connectivity index (χ3v) is 2.06. The Morgan fingerprint density at radius 3 is 2.13 bits per heavy atom. The number of imidazole rings is 2. The second kappa shape index (κ2) is 4.61. The number of nitrogens with zero attached hydrogens (tertiary/aromatic N) is 3. The molecule has 0 aliphatic rings. The van der Waals surface area contributed by atoms with E-state index in [2.05, 4.69) is 19.9 Å². The molecule has 2 aromatic heterocycles. The Hall–Kier alpha value is -1.82. The van der Waals surface area contributed by atoms with Gasteiger partial charge in [-0.1, -0.05) is 0 Å². The first-order valence-electron chi connectivity index (χ1n) is 4.88. The summed E-state index contributed by atoms with van der Waals surface area (Å²) in [5.74, 6) is 1.55. The van der Waals surface area contributed by atoms with Crippen LogP contribution in [0.5, 0.6) is 0 Å². The monoisotopic (exact) mass is 206 g/mol. The average molecular weight is 206 g/mol. The van der Waals surface area contributed by atoms with Crippen molar-refractivity contribution < 1.29 is 0 Å². The number of H-pyrrole nitrogens is 2. The Labute approximate surface area is 87.5 Å². The highest BCUT2D eigenvalue weighted by atomic mass is 15.3. The molecule has 0 bridgehead atoms. The van der Waals surface area contributed by atoms with Crippen molar-refractivity contribution in [2.45, 2.75) is 6.42 Å². The number of aromatic nitrogens is 4. The van der Waals surface area contributed by atoms with Gasteiger partial charge in [0.15, 0.2) is 0 Å². The minimum atomic E-state index is 0.651. The molecule has 2 rings (SSSR count). The molecule has 6 nitrogen and oxygen atoms in total. The fourth-order valence-electron chi connectivity index (χ4n) is 1.37. The molecule has 0 spiro atoms. The molecule has 0 aliphatic carbocycles. The zero-order valence-corrected chi connectivity index (χ0v) is 8.35. The fraction of sp³-hybridized carbons (Fsp3) is 0.333. The van der Waals surface area contributed by atoms with E-state index in [9.17, 15) is 0 Å². The molecular formula is C9H14N6. The Bertz CT molecular complexity index is 331. The number of rotatable bonds is 5. The molecule has 0 amide bonds. The molecule has 0 atom stereocenters. The molecule has 2 aromatic rings. The number of nitrogens with two attached hydrogens (primary N) is 1. The molecule has 0 unspecified atom stereocenters. The van der Waals surface area contributed by atoms with Crippen molar-refractivity contribution in [2.75, 3.05) is 18.0 Å². The highest BCUT2D eigenvalue weighted by molar-refractivity contribution is 5.46. The zero-order chi connectivity index (χ0) is 10.5. The van der Waals surface area contributed by atoms with Crippen molar-refractivity contribution in [2.24, 2.45) is 5.73 Å². The van der Waals surface area contributed by atoms with E-state index in [1.807, 2.05) is 4.90 Å². The lowest BCUT2D eigenvalue weighted by atomic mass is 10.4. The van der Waals surface area contributed by atoms with Gasteiger partial charge in [-0.2, -0.15) is 0 Å². The van der Waals surface area contributed by atoms with Crippen molar-refractivity contribution in [3.05, 3.63) is 24.8 Å². The summed E-state index contributed by atoms with van der Waals surface area (Å²) in [6.07, 6.45) is 7.89. The van der Waals surface area contributed by atoms with Gasteiger partial charge in [-0.25, -0.2) is 9.97 Å². The lowest BCUT2D eigenvalue weighted by Gasteiger charge is -2.18. The van der Waals surface area contributed by atoms with E-state index in [1.54, 1.807) is 24.8 Å². The number of aromatic amines is 2. The second-order valence-corrected chi connectivity index (χ2v) is 3.12. The van der Waals surface area contributed by atoms with Gasteiger partial charge in [0.1, 0.15) is 0 Å². The summed E-state index contributed by atoms with van der Waals surface area (Å²) < 4.78 is 0. The first kappa shape index (κ1) is 9.72. The Balaban J connectivity index is 2.17. The first-order valence-corrected chi connectivity index (χ1v) is 4.88. The molecule has 80 valence electrons. The predicted molar refractivity (Wildman–Crippen MR) is 57.9 cm³/mol. The van der Waals surface area contributed by atoms with Crippen LogP contribution in [0.4, 0.5) is 11.9 Å². The Morgan fingerprint density at radius 2 is 1.73 bits per heavy atom. The van der Waals surface area contributed by atoms with Crippen LogP contribution in [0.2, 0.25) is 0 Å². The van der Waals surface area contributed by atoms with Crippen molar-refractivity contribution in [3.8, 4) is 0 Å². The standard InChI is InChI=1S/C9H14N6/c10-2-1-7-15(8-11-3-4-12-8)9-13-5-6-14-9/h3-6H,1-2,7,10H2,(H,11,12)(H,13,14). The van der Waals surface area contributed by atoms with Gasteiger partial charge in [-0.3, -0.25) is 4.90 Å². The summed E-state index contributed by atoms with van der Waals surface area (Å²) in [6.45, 7) is 1.44. The van der Waals surface area contributed by atoms with E-state index < -0.39 is 0 Å². The van der Waals surface area contributed by atoms with Crippen LogP contribution in [-0.2, 0) is 0 Å². The van der Waals surface area contributed by atoms with Gasteiger partial charge < -0.3 is 15.7 Å². The van der Waals surface area contributed by atoms with E-state index in [0.29, 0.717) is 6.54 Å². The zero-order valence-electron chi connectivity index (χ0n) is 8.35. The molecule has 4 N–H and O–H groups in total. The van der Waals surface area contributed by atoms with E-state index >= 15 is 0 Å². The van der Waals surface area contributed by atoms with Crippen molar-refractivity contribution in [3.63, 3.8) is 0 Å². The van der Waals surface area contributed by atoms with E-state index in [-0.39, 0.29) is 0 Å². The second-order valence-electron chi connectivity index (χ2n) is 3.12. The van der Waals surface area contributed by atoms with Gasteiger partial charge in [0.05, 0.1) is 0 Å². The highest BCUT2D eigenvalue weighted by Crippen LogP contribution is 2.16. The fourth-order valence-corrected chi connectivity index (χ4v) is 1.37. The van der Waals surface area contributed by atoms with Gasteiger partial charge in [-0.05, 0) is 13.0 Å². The number of hydrogen-bond acceptors (Lipinski definition) is 4.